The highest BCUT2D eigenvalue weighted by Crippen LogP contribution is 2.63. The molecule has 1 aliphatic carbocycles. The second-order valence-corrected chi connectivity index (χ2v) is 7.54. The van der Waals surface area contributed by atoms with Crippen molar-refractivity contribution in [1.82, 2.24) is 9.13 Å². The van der Waals surface area contributed by atoms with Crippen molar-refractivity contribution in [1.29, 1.82) is 0 Å². The first-order valence-corrected chi connectivity index (χ1v) is 9.20. The number of aromatic nitrogens is 2. The zero-order valence-electron chi connectivity index (χ0n) is 15.3. The highest BCUT2D eigenvalue weighted by atomic mass is 16.3. The Bertz CT molecular complexity index is 1110. The average molecular weight is 363 g/mol. The molecule has 1 aromatic carbocycles. The number of hydrogen-bond donors (Lipinski definition) is 0. The molecule has 6 heteroatoms. The first-order valence-electron chi connectivity index (χ1n) is 9.20. The van der Waals surface area contributed by atoms with Crippen LogP contribution in [0.3, 0.4) is 0 Å². The second-order valence-electron chi connectivity index (χ2n) is 7.54. The van der Waals surface area contributed by atoms with Gasteiger partial charge < -0.3 is 9.32 Å². The van der Waals surface area contributed by atoms with E-state index in [9.17, 15) is 9.59 Å². The van der Waals surface area contributed by atoms with Gasteiger partial charge >= 0.3 is 5.69 Å². The maximum Gasteiger partial charge on any atom is 0.332 e. The van der Waals surface area contributed by atoms with Gasteiger partial charge in [0.25, 0.3) is 5.56 Å². The summed E-state index contributed by atoms with van der Waals surface area (Å²) in [5, 5.41) is 0. The van der Waals surface area contributed by atoms with E-state index >= 15 is 0 Å². The van der Waals surface area contributed by atoms with Crippen LogP contribution in [0.5, 0.6) is 0 Å². The zero-order valence-corrected chi connectivity index (χ0v) is 15.3. The van der Waals surface area contributed by atoms with E-state index in [2.05, 4.69) is 17.0 Å². The number of benzene rings is 1. The van der Waals surface area contributed by atoms with Crippen LogP contribution in [0.1, 0.15) is 28.7 Å². The van der Waals surface area contributed by atoms with Crippen molar-refractivity contribution >= 4 is 5.82 Å². The third kappa shape index (κ3) is 2.32. The summed E-state index contributed by atoms with van der Waals surface area (Å²) < 4.78 is 8.49. The van der Waals surface area contributed by atoms with E-state index < -0.39 is 0 Å². The number of fused-ring (bicyclic) bond motifs is 3. The molecule has 6 nitrogen and oxygen atoms in total. The molecular formula is C21H21N3O3. The van der Waals surface area contributed by atoms with Crippen LogP contribution in [-0.2, 0) is 20.6 Å². The lowest BCUT2D eigenvalue weighted by molar-refractivity contribution is 0.501. The molecule has 0 saturated heterocycles. The molecule has 0 radical (unpaired) electrons. The Morgan fingerprint density at radius 1 is 1.00 bits per heavy atom. The van der Waals surface area contributed by atoms with Crippen molar-refractivity contribution in [2.75, 3.05) is 11.4 Å². The predicted molar refractivity (Wildman–Crippen MR) is 102 cm³/mol. The van der Waals surface area contributed by atoms with Crippen molar-refractivity contribution in [2.24, 2.45) is 20.0 Å². The SMILES string of the molecule is Cn1c2c(c(=O)n(C)c1=O)[C@H]1[C@@H](CN2Cc2ccccc2)[C@H]1c1ccco1. The Morgan fingerprint density at radius 2 is 1.78 bits per heavy atom. The van der Waals surface area contributed by atoms with Gasteiger partial charge in [0, 0.05) is 39.0 Å². The number of anilines is 1. The lowest BCUT2D eigenvalue weighted by atomic mass is 10.0. The minimum absolute atomic E-state index is 0.115. The molecular weight excluding hydrogens is 342 g/mol. The van der Waals surface area contributed by atoms with Gasteiger partial charge in [-0.2, -0.15) is 0 Å². The topological polar surface area (TPSA) is 60.4 Å². The fraction of sp³-hybridized carbons (Fsp3) is 0.333. The normalized spacial score (nSPS) is 23.0. The van der Waals surface area contributed by atoms with E-state index in [1.165, 1.54) is 4.57 Å². The molecule has 0 N–H and O–H groups in total. The average Bonchev–Trinajstić information content (AvgIpc) is 3.13. The quantitative estimate of drug-likeness (QED) is 0.716. The van der Waals surface area contributed by atoms with Gasteiger partial charge in [-0.3, -0.25) is 13.9 Å². The van der Waals surface area contributed by atoms with Crippen LogP contribution in [0.4, 0.5) is 5.82 Å². The van der Waals surface area contributed by atoms with Gasteiger partial charge in [-0.15, -0.1) is 0 Å². The molecule has 2 aliphatic rings. The molecule has 0 amide bonds. The Morgan fingerprint density at radius 3 is 2.48 bits per heavy atom. The fourth-order valence-corrected chi connectivity index (χ4v) is 4.68. The van der Waals surface area contributed by atoms with Gasteiger partial charge in [-0.05, 0) is 23.6 Å². The lowest BCUT2D eigenvalue weighted by Crippen LogP contribution is -2.45. The van der Waals surface area contributed by atoms with Crippen LogP contribution >= 0.6 is 0 Å². The molecule has 138 valence electrons. The van der Waals surface area contributed by atoms with E-state index in [-0.39, 0.29) is 23.1 Å². The number of furan rings is 1. The van der Waals surface area contributed by atoms with E-state index in [4.69, 9.17) is 4.42 Å². The van der Waals surface area contributed by atoms with Gasteiger partial charge in [0.2, 0.25) is 0 Å². The summed E-state index contributed by atoms with van der Waals surface area (Å²) in [4.78, 5) is 27.8. The number of hydrogen-bond acceptors (Lipinski definition) is 4. The first-order chi connectivity index (χ1) is 13.1. The molecule has 1 saturated carbocycles. The number of nitrogens with zero attached hydrogens (tertiary/aromatic N) is 3. The van der Waals surface area contributed by atoms with Crippen LogP contribution in [0.2, 0.25) is 0 Å². The predicted octanol–water partition coefficient (Wildman–Crippen LogP) is 2.19. The summed E-state index contributed by atoms with van der Waals surface area (Å²) in [7, 11) is 3.31. The van der Waals surface area contributed by atoms with Crippen molar-refractivity contribution in [3.8, 4) is 0 Å². The van der Waals surface area contributed by atoms with Gasteiger partial charge in [0.15, 0.2) is 0 Å². The third-order valence-electron chi connectivity index (χ3n) is 5.99. The Labute approximate surface area is 156 Å². The standard InChI is InChI=1S/C21H21N3O3/c1-22-19-18(20(25)23(2)21(22)26)17-14(16(17)15-9-6-10-27-15)12-24(19)11-13-7-4-3-5-8-13/h3-10,14,16-17H,11-12H2,1-2H3/t14-,16-,17-/m0/s1. The summed E-state index contributed by atoms with van der Waals surface area (Å²) in [5.41, 5.74) is 1.43. The molecule has 1 aliphatic heterocycles. The molecule has 1 fully saturated rings. The summed E-state index contributed by atoms with van der Waals surface area (Å²) in [6.45, 7) is 1.47. The van der Waals surface area contributed by atoms with E-state index in [0.29, 0.717) is 12.5 Å². The maximum absolute atomic E-state index is 13.0. The number of rotatable bonds is 3. The Hall–Kier alpha value is -3.02. The minimum atomic E-state index is -0.287. The molecule has 0 spiro atoms. The van der Waals surface area contributed by atoms with Crippen LogP contribution in [0, 0.1) is 5.92 Å². The molecule has 3 aromatic rings. The largest absolute Gasteiger partial charge is 0.469 e. The Balaban J connectivity index is 1.66. The van der Waals surface area contributed by atoms with Gasteiger partial charge in [0.1, 0.15) is 11.6 Å². The zero-order chi connectivity index (χ0) is 18.7. The van der Waals surface area contributed by atoms with E-state index in [1.54, 1.807) is 24.9 Å². The summed E-state index contributed by atoms with van der Waals surface area (Å²) in [5.74, 6) is 2.32. The van der Waals surface area contributed by atoms with E-state index in [0.717, 1.165) is 29.2 Å². The van der Waals surface area contributed by atoms with Gasteiger partial charge in [0.05, 0.1) is 11.8 Å². The van der Waals surface area contributed by atoms with Crippen molar-refractivity contribution in [3.05, 3.63) is 86.5 Å². The van der Waals surface area contributed by atoms with Crippen molar-refractivity contribution < 1.29 is 4.42 Å². The van der Waals surface area contributed by atoms with Crippen LogP contribution in [0.15, 0.2) is 62.7 Å². The van der Waals surface area contributed by atoms with E-state index in [1.807, 2.05) is 30.3 Å². The third-order valence-corrected chi connectivity index (χ3v) is 5.99. The molecule has 3 atom stereocenters. The molecule has 5 rings (SSSR count). The molecule has 0 unspecified atom stereocenters. The van der Waals surface area contributed by atoms with Crippen LogP contribution in [-0.4, -0.2) is 15.7 Å². The maximum atomic E-state index is 13.0. The Kier molecular flexibility index (Phi) is 3.44. The van der Waals surface area contributed by atoms with Gasteiger partial charge in [-0.25, -0.2) is 4.79 Å². The summed E-state index contributed by atoms with van der Waals surface area (Å²) in [6, 6.07) is 14.0. The van der Waals surface area contributed by atoms with Crippen molar-refractivity contribution in [2.45, 2.75) is 18.4 Å². The minimum Gasteiger partial charge on any atom is -0.469 e. The molecule has 0 bridgehead atoms. The lowest BCUT2D eigenvalue weighted by Gasteiger charge is -2.32. The monoisotopic (exact) mass is 363 g/mol. The second kappa shape index (κ2) is 5.74. The highest BCUT2D eigenvalue weighted by molar-refractivity contribution is 5.58. The van der Waals surface area contributed by atoms with Crippen LogP contribution < -0.4 is 16.1 Å². The summed E-state index contributed by atoms with van der Waals surface area (Å²) >= 11 is 0. The molecule has 2 aromatic heterocycles. The van der Waals surface area contributed by atoms with Gasteiger partial charge in [-0.1, -0.05) is 30.3 Å². The van der Waals surface area contributed by atoms with Crippen molar-refractivity contribution in [3.63, 3.8) is 0 Å². The smallest absolute Gasteiger partial charge is 0.332 e. The van der Waals surface area contributed by atoms with Crippen LogP contribution in [0.25, 0.3) is 0 Å². The molecule has 27 heavy (non-hydrogen) atoms. The molecule has 3 heterocycles. The fourth-order valence-electron chi connectivity index (χ4n) is 4.68. The highest BCUT2D eigenvalue weighted by Gasteiger charge is 2.59. The first kappa shape index (κ1) is 16.2. The summed E-state index contributed by atoms with van der Waals surface area (Å²) in [6.07, 6.45) is 1.68.